The first-order chi connectivity index (χ1) is 5.77. The number of aryl methyl sites for hydroxylation is 1. The van der Waals surface area contributed by atoms with E-state index in [1.165, 1.54) is 17.5 Å². The molecule has 0 unspecified atom stereocenters. The molecule has 0 fully saturated rings. The minimum absolute atomic E-state index is 0.206. The van der Waals surface area contributed by atoms with Gasteiger partial charge in [-0.3, -0.25) is 0 Å². The lowest BCUT2D eigenvalue weighted by Gasteiger charge is -2.22. The summed E-state index contributed by atoms with van der Waals surface area (Å²) >= 11 is 0. The van der Waals surface area contributed by atoms with Gasteiger partial charge < -0.3 is 11.5 Å². The van der Waals surface area contributed by atoms with Gasteiger partial charge >= 0.3 is 0 Å². The van der Waals surface area contributed by atoms with Crippen molar-refractivity contribution in [3.63, 3.8) is 0 Å². The molecule has 0 bridgehead atoms. The minimum atomic E-state index is 0.206. The molecular weight excluding hydrogens is 148 g/mol. The molecule has 0 aliphatic heterocycles. The molecule has 0 amide bonds. The Hall–Kier alpha value is -1.02. The Bertz CT molecular complexity index is 294. The van der Waals surface area contributed by atoms with Crippen LogP contribution in [0.1, 0.15) is 30.0 Å². The van der Waals surface area contributed by atoms with Crippen LogP contribution < -0.4 is 11.5 Å². The molecule has 0 aromatic heterocycles. The second kappa shape index (κ2) is 2.79. The van der Waals surface area contributed by atoms with E-state index in [4.69, 9.17) is 11.5 Å². The third kappa shape index (κ3) is 1.18. The molecule has 4 N–H and O–H groups in total. The number of fused-ring (bicyclic) bond motifs is 1. The first kappa shape index (κ1) is 7.62. The first-order valence-corrected chi connectivity index (χ1v) is 4.41. The highest BCUT2D eigenvalue weighted by Gasteiger charge is 2.15. The van der Waals surface area contributed by atoms with E-state index in [2.05, 4.69) is 6.07 Å². The molecule has 0 saturated carbocycles. The number of nitrogen functional groups attached to an aromatic ring is 1. The average molecular weight is 162 g/mol. The van der Waals surface area contributed by atoms with E-state index in [1.807, 2.05) is 12.1 Å². The summed E-state index contributed by atoms with van der Waals surface area (Å²) < 4.78 is 0. The number of nitrogens with two attached hydrogens (primary N) is 2. The van der Waals surface area contributed by atoms with Crippen LogP contribution in [0.3, 0.4) is 0 Å². The van der Waals surface area contributed by atoms with Gasteiger partial charge in [0, 0.05) is 11.7 Å². The smallest absolute Gasteiger partial charge is 0.0317 e. The van der Waals surface area contributed by atoms with Gasteiger partial charge in [0.05, 0.1) is 0 Å². The van der Waals surface area contributed by atoms with Crippen LogP contribution in [0.15, 0.2) is 18.2 Å². The van der Waals surface area contributed by atoms with Gasteiger partial charge in [-0.1, -0.05) is 6.07 Å². The zero-order valence-corrected chi connectivity index (χ0v) is 7.09. The van der Waals surface area contributed by atoms with Gasteiger partial charge in [-0.25, -0.2) is 0 Å². The zero-order chi connectivity index (χ0) is 8.55. The van der Waals surface area contributed by atoms with Crippen molar-refractivity contribution in [2.24, 2.45) is 5.73 Å². The maximum atomic E-state index is 5.96. The number of rotatable bonds is 0. The molecule has 0 saturated heterocycles. The Labute approximate surface area is 72.6 Å². The van der Waals surface area contributed by atoms with Crippen molar-refractivity contribution in [3.05, 3.63) is 29.3 Å². The lowest BCUT2D eigenvalue weighted by molar-refractivity contribution is 0.571. The highest BCUT2D eigenvalue weighted by Crippen LogP contribution is 2.28. The zero-order valence-electron chi connectivity index (χ0n) is 7.09. The van der Waals surface area contributed by atoms with Crippen LogP contribution in [0.4, 0.5) is 5.69 Å². The molecule has 2 heteroatoms. The predicted octanol–water partition coefficient (Wildman–Crippen LogP) is 1.60. The Morgan fingerprint density at radius 1 is 1.33 bits per heavy atom. The summed E-state index contributed by atoms with van der Waals surface area (Å²) in [6.07, 6.45) is 3.46. The highest BCUT2D eigenvalue weighted by molar-refractivity contribution is 5.46. The number of benzene rings is 1. The topological polar surface area (TPSA) is 52.0 Å². The normalized spacial score (nSPS) is 21.9. The highest BCUT2D eigenvalue weighted by atomic mass is 14.6. The van der Waals surface area contributed by atoms with E-state index in [-0.39, 0.29) is 6.04 Å². The summed E-state index contributed by atoms with van der Waals surface area (Å²) in [6, 6.07) is 6.27. The Morgan fingerprint density at radius 3 is 3.00 bits per heavy atom. The summed E-state index contributed by atoms with van der Waals surface area (Å²) in [4.78, 5) is 0. The molecule has 1 aromatic carbocycles. The van der Waals surface area contributed by atoms with E-state index < -0.39 is 0 Å². The van der Waals surface area contributed by atoms with Gasteiger partial charge in [-0.05, 0) is 42.5 Å². The molecule has 2 rings (SSSR count). The minimum Gasteiger partial charge on any atom is -0.399 e. The molecule has 1 aliphatic carbocycles. The van der Waals surface area contributed by atoms with E-state index in [0.717, 1.165) is 18.5 Å². The third-order valence-corrected chi connectivity index (χ3v) is 2.53. The van der Waals surface area contributed by atoms with E-state index >= 15 is 0 Å². The van der Waals surface area contributed by atoms with Crippen LogP contribution in [-0.4, -0.2) is 0 Å². The molecule has 12 heavy (non-hydrogen) atoms. The molecule has 1 atom stereocenters. The van der Waals surface area contributed by atoms with E-state index in [1.54, 1.807) is 0 Å². The summed E-state index contributed by atoms with van der Waals surface area (Å²) in [7, 11) is 0. The fourth-order valence-corrected chi connectivity index (χ4v) is 1.85. The second-order valence-corrected chi connectivity index (χ2v) is 3.46. The standard InChI is InChI=1S/C10H14N2/c11-8-5-4-7-2-1-3-10(12)9(7)6-8/h4-6,10H,1-3,11-12H2/t10-/m0/s1. The van der Waals surface area contributed by atoms with Crippen molar-refractivity contribution in [2.45, 2.75) is 25.3 Å². The summed E-state index contributed by atoms with van der Waals surface area (Å²) in [5.41, 5.74) is 15.1. The number of hydrogen-bond donors (Lipinski definition) is 2. The van der Waals surface area contributed by atoms with E-state index in [9.17, 15) is 0 Å². The van der Waals surface area contributed by atoms with Crippen LogP contribution in [0.2, 0.25) is 0 Å². The molecule has 1 aliphatic rings. The van der Waals surface area contributed by atoms with Gasteiger partial charge in [-0.2, -0.15) is 0 Å². The van der Waals surface area contributed by atoms with Gasteiger partial charge in [-0.15, -0.1) is 0 Å². The molecule has 0 radical (unpaired) electrons. The van der Waals surface area contributed by atoms with Crippen LogP contribution in [0.5, 0.6) is 0 Å². The number of hydrogen-bond acceptors (Lipinski definition) is 2. The summed E-state index contributed by atoms with van der Waals surface area (Å²) in [5.74, 6) is 0. The maximum Gasteiger partial charge on any atom is 0.0317 e. The van der Waals surface area contributed by atoms with Gasteiger partial charge in [0.2, 0.25) is 0 Å². The van der Waals surface area contributed by atoms with Crippen LogP contribution in [-0.2, 0) is 6.42 Å². The predicted molar refractivity (Wildman–Crippen MR) is 50.7 cm³/mol. The lowest BCUT2D eigenvalue weighted by atomic mass is 9.88. The number of anilines is 1. The fourth-order valence-electron chi connectivity index (χ4n) is 1.85. The van der Waals surface area contributed by atoms with E-state index in [0.29, 0.717) is 0 Å². The van der Waals surface area contributed by atoms with Crippen molar-refractivity contribution < 1.29 is 0 Å². The van der Waals surface area contributed by atoms with Crippen LogP contribution in [0.25, 0.3) is 0 Å². The Kier molecular flexibility index (Phi) is 1.77. The lowest BCUT2D eigenvalue weighted by Crippen LogP contribution is -2.17. The van der Waals surface area contributed by atoms with Crippen LogP contribution >= 0.6 is 0 Å². The van der Waals surface area contributed by atoms with Crippen molar-refractivity contribution in [1.82, 2.24) is 0 Å². The molecular formula is C10H14N2. The maximum absolute atomic E-state index is 5.96. The van der Waals surface area contributed by atoms with Crippen molar-refractivity contribution in [1.29, 1.82) is 0 Å². The average Bonchev–Trinajstić information content (AvgIpc) is 2.07. The van der Waals surface area contributed by atoms with Crippen LogP contribution in [0, 0.1) is 0 Å². The SMILES string of the molecule is Nc1ccc2c(c1)[C@@H](N)CCC2. The molecule has 0 spiro atoms. The van der Waals surface area contributed by atoms with Crippen molar-refractivity contribution in [3.8, 4) is 0 Å². The van der Waals surface area contributed by atoms with Gasteiger partial charge in [0.1, 0.15) is 0 Å². The van der Waals surface area contributed by atoms with Crippen molar-refractivity contribution >= 4 is 5.69 Å². The third-order valence-electron chi connectivity index (χ3n) is 2.53. The summed E-state index contributed by atoms with van der Waals surface area (Å²) in [5, 5.41) is 0. The quantitative estimate of drug-likeness (QED) is 0.569. The Balaban J connectivity index is 2.47. The Morgan fingerprint density at radius 2 is 2.17 bits per heavy atom. The second-order valence-electron chi connectivity index (χ2n) is 3.46. The van der Waals surface area contributed by atoms with Crippen molar-refractivity contribution in [2.75, 3.05) is 5.73 Å². The fraction of sp³-hybridized carbons (Fsp3) is 0.400. The first-order valence-electron chi connectivity index (χ1n) is 4.41. The molecule has 64 valence electrons. The monoisotopic (exact) mass is 162 g/mol. The van der Waals surface area contributed by atoms with Gasteiger partial charge in [0.15, 0.2) is 0 Å². The van der Waals surface area contributed by atoms with Gasteiger partial charge in [0.25, 0.3) is 0 Å². The summed E-state index contributed by atoms with van der Waals surface area (Å²) in [6.45, 7) is 0. The molecule has 2 nitrogen and oxygen atoms in total. The molecule has 1 aromatic rings. The largest absolute Gasteiger partial charge is 0.399 e. The molecule has 0 heterocycles.